The lowest BCUT2D eigenvalue weighted by Gasteiger charge is -2.14. The highest BCUT2D eigenvalue weighted by atomic mass is 19.4. The maximum atomic E-state index is 13.0. The van der Waals surface area contributed by atoms with E-state index in [4.69, 9.17) is 0 Å². The number of carbonyl (C=O) groups excluding carboxylic acids is 1. The van der Waals surface area contributed by atoms with Crippen molar-refractivity contribution in [3.8, 4) is 0 Å². The lowest BCUT2D eigenvalue weighted by Crippen LogP contribution is -2.19. The molecule has 8 heteroatoms. The van der Waals surface area contributed by atoms with E-state index in [1.807, 2.05) is 6.92 Å². The fourth-order valence-corrected chi connectivity index (χ4v) is 2.19. The number of anilines is 2. The minimum absolute atomic E-state index is 0.00322. The van der Waals surface area contributed by atoms with Crippen molar-refractivity contribution in [3.05, 3.63) is 47.4 Å². The van der Waals surface area contributed by atoms with Crippen LogP contribution < -0.4 is 10.6 Å². The van der Waals surface area contributed by atoms with Crippen LogP contribution in [0.4, 0.5) is 24.7 Å². The summed E-state index contributed by atoms with van der Waals surface area (Å²) in [5.41, 5.74) is -1.21. The summed E-state index contributed by atoms with van der Waals surface area (Å²) >= 11 is 0. The number of aromatic nitrogens is 2. The molecule has 1 aromatic heterocycles. The van der Waals surface area contributed by atoms with Crippen molar-refractivity contribution in [2.45, 2.75) is 32.9 Å². The Balaban J connectivity index is 2.22. The van der Waals surface area contributed by atoms with Crippen molar-refractivity contribution in [3.63, 3.8) is 0 Å². The summed E-state index contributed by atoms with van der Waals surface area (Å²) in [4.78, 5) is 20.5. The molecule has 2 N–H and O–H groups in total. The molecule has 0 atom stereocenters. The average molecular weight is 352 g/mol. The maximum Gasteiger partial charge on any atom is 0.418 e. The Morgan fingerprint density at radius 1 is 1.20 bits per heavy atom. The first-order valence-corrected chi connectivity index (χ1v) is 7.88. The Morgan fingerprint density at radius 3 is 2.60 bits per heavy atom. The van der Waals surface area contributed by atoms with Crippen molar-refractivity contribution in [2.75, 3.05) is 17.2 Å². The van der Waals surface area contributed by atoms with E-state index in [2.05, 4.69) is 20.6 Å². The second kappa shape index (κ2) is 7.96. The summed E-state index contributed by atoms with van der Waals surface area (Å²) in [6.45, 7) is 4.35. The Kier molecular flexibility index (Phi) is 5.95. The van der Waals surface area contributed by atoms with E-state index in [-0.39, 0.29) is 11.4 Å². The van der Waals surface area contributed by atoms with Gasteiger partial charge in [-0.1, -0.05) is 25.5 Å². The number of unbranched alkanes of at least 4 members (excludes halogenated alkanes) is 1. The van der Waals surface area contributed by atoms with Crippen molar-refractivity contribution < 1.29 is 18.0 Å². The Hall–Kier alpha value is -2.64. The third kappa shape index (κ3) is 5.17. The second-order valence-corrected chi connectivity index (χ2v) is 5.46. The van der Waals surface area contributed by atoms with Crippen LogP contribution in [0.25, 0.3) is 0 Å². The fourth-order valence-electron chi connectivity index (χ4n) is 2.19. The summed E-state index contributed by atoms with van der Waals surface area (Å²) in [6, 6.07) is 6.23. The molecular formula is C17H19F3N4O. The number of para-hydroxylation sites is 1. The first kappa shape index (κ1) is 18.7. The van der Waals surface area contributed by atoms with Crippen LogP contribution in [0.2, 0.25) is 0 Å². The van der Waals surface area contributed by atoms with Gasteiger partial charge in [0, 0.05) is 12.6 Å². The third-order valence-electron chi connectivity index (χ3n) is 3.39. The van der Waals surface area contributed by atoms with Crippen LogP contribution in [-0.4, -0.2) is 22.4 Å². The summed E-state index contributed by atoms with van der Waals surface area (Å²) in [5, 5.41) is 5.35. The van der Waals surface area contributed by atoms with Crippen molar-refractivity contribution in [1.29, 1.82) is 0 Å². The lowest BCUT2D eigenvalue weighted by molar-refractivity contribution is -0.136. The van der Waals surface area contributed by atoms with Gasteiger partial charge in [0.05, 0.1) is 11.3 Å². The number of halogens is 3. The zero-order chi connectivity index (χ0) is 18.4. The standard InChI is InChI=1S/C17H19F3N4O/c1-3-4-9-21-15-10-14(22-11(2)23-15)16(25)24-13-8-6-5-7-12(13)17(18,19)20/h5-8,10H,3-4,9H2,1-2H3,(H,24,25)(H,21,22,23). The van der Waals surface area contributed by atoms with Gasteiger partial charge in [-0.2, -0.15) is 13.2 Å². The van der Waals surface area contributed by atoms with Gasteiger partial charge < -0.3 is 10.6 Å². The van der Waals surface area contributed by atoms with Crippen LogP contribution in [-0.2, 0) is 6.18 Å². The fraction of sp³-hybridized carbons (Fsp3) is 0.353. The van der Waals surface area contributed by atoms with Gasteiger partial charge in [-0.3, -0.25) is 4.79 Å². The van der Waals surface area contributed by atoms with Gasteiger partial charge in [0.1, 0.15) is 17.3 Å². The number of rotatable bonds is 6. The van der Waals surface area contributed by atoms with E-state index in [1.165, 1.54) is 24.3 Å². The highest BCUT2D eigenvalue weighted by molar-refractivity contribution is 6.03. The molecule has 1 amide bonds. The van der Waals surface area contributed by atoms with Gasteiger partial charge in [-0.05, 0) is 25.5 Å². The van der Waals surface area contributed by atoms with Gasteiger partial charge >= 0.3 is 6.18 Å². The summed E-state index contributed by atoms with van der Waals surface area (Å²) in [5.74, 6) is 0.103. The van der Waals surface area contributed by atoms with Crippen LogP contribution in [0, 0.1) is 6.92 Å². The topological polar surface area (TPSA) is 66.9 Å². The zero-order valence-corrected chi connectivity index (χ0v) is 13.9. The molecule has 0 aliphatic rings. The third-order valence-corrected chi connectivity index (χ3v) is 3.39. The first-order valence-electron chi connectivity index (χ1n) is 7.88. The van der Waals surface area contributed by atoms with Gasteiger partial charge in [0.2, 0.25) is 0 Å². The molecule has 1 heterocycles. The molecule has 0 unspecified atom stereocenters. The van der Waals surface area contributed by atoms with Crippen molar-refractivity contribution in [2.24, 2.45) is 0 Å². The Morgan fingerprint density at radius 2 is 1.92 bits per heavy atom. The number of nitrogens with zero attached hydrogens (tertiary/aromatic N) is 2. The monoisotopic (exact) mass is 352 g/mol. The molecule has 0 aliphatic heterocycles. The lowest BCUT2D eigenvalue weighted by atomic mass is 10.1. The predicted molar refractivity (Wildman–Crippen MR) is 89.6 cm³/mol. The Bertz CT molecular complexity index is 747. The average Bonchev–Trinajstić information content (AvgIpc) is 2.54. The van der Waals surface area contributed by atoms with Crippen molar-refractivity contribution >= 4 is 17.4 Å². The van der Waals surface area contributed by atoms with E-state index in [0.717, 1.165) is 18.9 Å². The van der Waals surface area contributed by atoms with Crippen LogP contribution in [0.1, 0.15) is 41.6 Å². The normalized spacial score (nSPS) is 11.2. The number of aryl methyl sites for hydroxylation is 1. The van der Waals surface area contributed by atoms with Gasteiger partial charge in [0.15, 0.2) is 0 Å². The SMILES string of the molecule is CCCCNc1cc(C(=O)Nc2ccccc2C(F)(F)F)nc(C)n1. The van der Waals surface area contributed by atoms with Crippen LogP contribution in [0.15, 0.2) is 30.3 Å². The second-order valence-electron chi connectivity index (χ2n) is 5.46. The first-order chi connectivity index (χ1) is 11.8. The minimum Gasteiger partial charge on any atom is -0.370 e. The zero-order valence-electron chi connectivity index (χ0n) is 13.9. The molecule has 5 nitrogen and oxygen atoms in total. The highest BCUT2D eigenvalue weighted by Gasteiger charge is 2.33. The molecule has 2 rings (SSSR count). The quantitative estimate of drug-likeness (QED) is 0.762. The van der Waals surface area contributed by atoms with Gasteiger partial charge in [-0.25, -0.2) is 9.97 Å². The summed E-state index contributed by atoms with van der Waals surface area (Å²) in [6.07, 6.45) is -2.62. The van der Waals surface area contributed by atoms with E-state index < -0.39 is 17.6 Å². The van der Waals surface area contributed by atoms with E-state index in [9.17, 15) is 18.0 Å². The van der Waals surface area contributed by atoms with E-state index in [0.29, 0.717) is 18.2 Å². The predicted octanol–water partition coefficient (Wildman–Crippen LogP) is 4.27. The van der Waals surface area contributed by atoms with Gasteiger partial charge in [-0.15, -0.1) is 0 Å². The number of hydrogen-bond acceptors (Lipinski definition) is 4. The Labute approximate surface area is 143 Å². The minimum atomic E-state index is -4.56. The number of benzene rings is 1. The highest BCUT2D eigenvalue weighted by Crippen LogP contribution is 2.34. The molecule has 0 saturated heterocycles. The summed E-state index contributed by atoms with van der Waals surface area (Å²) < 4.78 is 39.0. The van der Waals surface area contributed by atoms with Gasteiger partial charge in [0.25, 0.3) is 5.91 Å². The number of alkyl halides is 3. The smallest absolute Gasteiger partial charge is 0.370 e. The molecular weight excluding hydrogens is 333 g/mol. The maximum absolute atomic E-state index is 13.0. The number of carbonyl (C=O) groups is 1. The van der Waals surface area contributed by atoms with Crippen molar-refractivity contribution in [1.82, 2.24) is 9.97 Å². The molecule has 0 bridgehead atoms. The summed E-state index contributed by atoms with van der Waals surface area (Å²) in [7, 11) is 0. The largest absolute Gasteiger partial charge is 0.418 e. The molecule has 0 fully saturated rings. The van der Waals surface area contributed by atoms with Crippen LogP contribution in [0.5, 0.6) is 0 Å². The molecule has 134 valence electrons. The number of nitrogens with one attached hydrogen (secondary N) is 2. The molecule has 0 spiro atoms. The van der Waals surface area contributed by atoms with E-state index in [1.54, 1.807) is 6.92 Å². The molecule has 1 aromatic carbocycles. The molecule has 2 aromatic rings. The molecule has 25 heavy (non-hydrogen) atoms. The van der Waals surface area contributed by atoms with Crippen LogP contribution in [0.3, 0.4) is 0 Å². The molecule has 0 radical (unpaired) electrons. The number of hydrogen-bond donors (Lipinski definition) is 2. The number of amides is 1. The molecule has 0 aliphatic carbocycles. The van der Waals surface area contributed by atoms with E-state index >= 15 is 0 Å². The van der Waals surface area contributed by atoms with Crippen LogP contribution >= 0.6 is 0 Å². The molecule has 0 saturated carbocycles.